The van der Waals surface area contributed by atoms with Gasteiger partial charge in [-0.1, -0.05) is 18.2 Å². The second-order valence-corrected chi connectivity index (χ2v) is 6.27. The number of anilines is 1. The molecule has 3 heterocycles. The number of urea groups is 1. The van der Waals surface area contributed by atoms with E-state index in [2.05, 4.69) is 30.7 Å². The number of carbonyl (C=O) groups is 1. The molecule has 9 nitrogen and oxygen atoms in total. The van der Waals surface area contributed by atoms with Crippen molar-refractivity contribution >= 4 is 11.7 Å². The Morgan fingerprint density at radius 1 is 1.03 bits per heavy atom. The molecule has 0 radical (unpaired) electrons. The fourth-order valence-corrected chi connectivity index (χ4v) is 2.75. The first kappa shape index (κ1) is 19.1. The number of nitrogens with one attached hydrogen (secondary N) is 2. The van der Waals surface area contributed by atoms with Crippen LogP contribution in [0.2, 0.25) is 0 Å². The molecule has 0 fully saturated rings. The Labute approximate surface area is 172 Å². The Morgan fingerprint density at radius 3 is 2.80 bits per heavy atom. The lowest BCUT2D eigenvalue weighted by atomic mass is 10.2. The van der Waals surface area contributed by atoms with Gasteiger partial charge >= 0.3 is 6.03 Å². The normalized spacial score (nSPS) is 10.4. The van der Waals surface area contributed by atoms with Crippen molar-refractivity contribution in [2.75, 3.05) is 5.32 Å². The van der Waals surface area contributed by atoms with E-state index in [1.807, 2.05) is 36.4 Å². The molecule has 4 rings (SSSR count). The van der Waals surface area contributed by atoms with Crippen molar-refractivity contribution in [2.24, 2.45) is 0 Å². The number of nitrogens with zero attached hydrogens (tertiary/aromatic N) is 5. The first-order valence-electron chi connectivity index (χ1n) is 9.24. The second-order valence-electron chi connectivity index (χ2n) is 6.27. The predicted molar refractivity (Wildman–Crippen MR) is 110 cm³/mol. The quantitative estimate of drug-likeness (QED) is 0.493. The highest BCUT2D eigenvalue weighted by molar-refractivity contribution is 5.89. The van der Waals surface area contributed by atoms with Crippen LogP contribution in [0.1, 0.15) is 11.3 Å². The Kier molecular flexibility index (Phi) is 5.90. The molecule has 1 aromatic carbocycles. The van der Waals surface area contributed by atoms with Crippen LogP contribution in [0.4, 0.5) is 10.5 Å². The number of rotatable bonds is 7. The number of ether oxygens (including phenoxy) is 1. The maximum Gasteiger partial charge on any atom is 0.319 e. The zero-order chi connectivity index (χ0) is 20.6. The van der Waals surface area contributed by atoms with Gasteiger partial charge in [-0.3, -0.25) is 4.98 Å². The van der Waals surface area contributed by atoms with E-state index in [0.717, 1.165) is 11.3 Å². The third-order valence-electron chi connectivity index (χ3n) is 4.15. The summed E-state index contributed by atoms with van der Waals surface area (Å²) >= 11 is 0. The first-order valence-corrected chi connectivity index (χ1v) is 9.24. The minimum Gasteiger partial charge on any atom is -0.487 e. The summed E-state index contributed by atoms with van der Waals surface area (Å²) in [6, 6.07) is 16.2. The Hall–Kier alpha value is -4.27. The van der Waals surface area contributed by atoms with Crippen molar-refractivity contribution in [3.05, 3.63) is 90.9 Å². The van der Waals surface area contributed by atoms with Gasteiger partial charge in [-0.05, 0) is 30.3 Å². The van der Waals surface area contributed by atoms with Gasteiger partial charge in [0.05, 0.1) is 5.69 Å². The van der Waals surface area contributed by atoms with Gasteiger partial charge in [-0.2, -0.15) is 5.10 Å². The van der Waals surface area contributed by atoms with E-state index in [1.54, 1.807) is 41.6 Å². The molecule has 2 N–H and O–H groups in total. The van der Waals surface area contributed by atoms with Crippen LogP contribution in [0, 0.1) is 0 Å². The van der Waals surface area contributed by atoms with E-state index in [9.17, 15) is 4.79 Å². The van der Waals surface area contributed by atoms with Crippen LogP contribution in [0.25, 0.3) is 5.82 Å². The molecule has 0 saturated carbocycles. The number of pyridine rings is 2. The lowest BCUT2D eigenvalue weighted by Crippen LogP contribution is -2.28. The number of carbonyl (C=O) groups excluding carboxylic acids is 1. The smallest absolute Gasteiger partial charge is 0.319 e. The van der Waals surface area contributed by atoms with Gasteiger partial charge in [0.1, 0.15) is 25.0 Å². The lowest BCUT2D eigenvalue weighted by molar-refractivity contribution is 0.251. The fourth-order valence-electron chi connectivity index (χ4n) is 2.75. The monoisotopic (exact) mass is 401 g/mol. The molecule has 30 heavy (non-hydrogen) atoms. The van der Waals surface area contributed by atoms with Crippen molar-refractivity contribution in [2.45, 2.75) is 13.2 Å². The first-order chi connectivity index (χ1) is 14.8. The Bertz CT molecular complexity index is 1100. The Balaban J connectivity index is 1.34. The van der Waals surface area contributed by atoms with Gasteiger partial charge in [0, 0.05) is 36.3 Å². The summed E-state index contributed by atoms with van der Waals surface area (Å²) in [6.07, 6.45) is 6.37. The molecule has 0 atom stereocenters. The summed E-state index contributed by atoms with van der Waals surface area (Å²) in [4.78, 5) is 24.8. The highest BCUT2D eigenvalue weighted by atomic mass is 16.5. The molecule has 0 spiro atoms. The number of hydrogen-bond acceptors (Lipinski definition) is 6. The number of hydrogen-bond donors (Lipinski definition) is 2. The van der Waals surface area contributed by atoms with E-state index in [0.29, 0.717) is 23.9 Å². The summed E-state index contributed by atoms with van der Waals surface area (Å²) in [5, 5.41) is 9.72. The van der Waals surface area contributed by atoms with E-state index in [4.69, 9.17) is 4.74 Å². The van der Waals surface area contributed by atoms with Gasteiger partial charge in [0.25, 0.3) is 0 Å². The minimum atomic E-state index is -0.342. The SMILES string of the molecule is O=C(NCc1cccnc1-n1cncn1)Nc1cccc(OCc2ccccn2)c1. The lowest BCUT2D eigenvalue weighted by Gasteiger charge is -2.11. The molecule has 150 valence electrons. The largest absolute Gasteiger partial charge is 0.487 e. The average molecular weight is 401 g/mol. The third kappa shape index (κ3) is 4.96. The van der Waals surface area contributed by atoms with Gasteiger partial charge in [0.2, 0.25) is 0 Å². The van der Waals surface area contributed by atoms with Crippen molar-refractivity contribution in [3.63, 3.8) is 0 Å². The van der Waals surface area contributed by atoms with Gasteiger partial charge < -0.3 is 15.4 Å². The van der Waals surface area contributed by atoms with Gasteiger partial charge in [-0.15, -0.1) is 0 Å². The molecule has 0 aliphatic carbocycles. The molecule has 4 aromatic rings. The zero-order valence-electron chi connectivity index (χ0n) is 16.0. The van der Waals surface area contributed by atoms with Crippen LogP contribution in [-0.4, -0.2) is 30.8 Å². The van der Waals surface area contributed by atoms with Crippen LogP contribution in [0.5, 0.6) is 5.75 Å². The second kappa shape index (κ2) is 9.28. The van der Waals surface area contributed by atoms with Gasteiger partial charge in [-0.25, -0.2) is 19.4 Å². The minimum absolute atomic E-state index is 0.282. The Morgan fingerprint density at radius 2 is 1.97 bits per heavy atom. The van der Waals surface area contributed by atoms with Crippen molar-refractivity contribution in [1.82, 2.24) is 30.0 Å². The average Bonchev–Trinajstić information content (AvgIpc) is 3.32. The molecule has 0 aliphatic heterocycles. The summed E-state index contributed by atoms with van der Waals surface area (Å²) in [6.45, 7) is 0.632. The molecular formula is C21H19N7O2. The summed E-state index contributed by atoms with van der Waals surface area (Å²) in [5.41, 5.74) is 2.26. The van der Waals surface area contributed by atoms with Crippen molar-refractivity contribution < 1.29 is 9.53 Å². The van der Waals surface area contributed by atoms with Crippen LogP contribution in [0.3, 0.4) is 0 Å². The highest BCUT2D eigenvalue weighted by Gasteiger charge is 2.09. The summed E-state index contributed by atoms with van der Waals surface area (Å²) < 4.78 is 7.30. The van der Waals surface area contributed by atoms with Crippen molar-refractivity contribution in [3.8, 4) is 11.6 Å². The maximum atomic E-state index is 12.3. The van der Waals surface area contributed by atoms with Gasteiger partial charge in [0.15, 0.2) is 5.82 Å². The topological polar surface area (TPSA) is 107 Å². The van der Waals surface area contributed by atoms with Crippen LogP contribution in [-0.2, 0) is 13.2 Å². The zero-order valence-corrected chi connectivity index (χ0v) is 16.0. The number of aromatic nitrogens is 5. The van der Waals surface area contributed by atoms with E-state index >= 15 is 0 Å². The maximum absolute atomic E-state index is 12.3. The third-order valence-corrected chi connectivity index (χ3v) is 4.15. The van der Waals surface area contributed by atoms with Crippen molar-refractivity contribution in [1.29, 1.82) is 0 Å². The number of benzene rings is 1. The van der Waals surface area contributed by atoms with Crippen LogP contribution in [0.15, 0.2) is 79.6 Å². The molecule has 0 bridgehead atoms. The van der Waals surface area contributed by atoms with E-state index < -0.39 is 0 Å². The van der Waals surface area contributed by atoms with Crippen LogP contribution >= 0.6 is 0 Å². The van der Waals surface area contributed by atoms with E-state index in [1.165, 1.54) is 6.33 Å². The molecule has 9 heteroatoms. The molecule has 0 saturated heterocycles. The highest BCUT2D eigenvalue weighted by Crippen LogP contribution is 2.18. The molecule has 2 amide bonds. The molecular weight excluding hydrogens is 382 g/mol. The fraction of sp³-hybridized carbons (Fsp3) is 0.0952. The molecule has 0 aliphatic rings. The number of amides is 2. The molecule has 0 unspecified atom stereocenters. The van der Waals surface area contributed by atoms with E-state index in [-0.39, 0.29) is 12.6 Å². The summed E-state index contributed by atoms with van der Waals surface area (Å²) in [7, 11) is 0. The van der Waals surface area contributed by atoms with Crippen LogP contribution < -0.4 is 15.4 Å². The summed E-state index contributed by atoms with van der Waals surface area (Å²) in [5.74, 6) is 1.25. The standard InChI is InChI=1S/C21H19N7O2/c29-21(25-12-16-5-4-10-24-20(16)28-15-22-14-26-28)27-17-7-3-8-19(11-17)30-13-18-6-1-2-9-23-18/h1-11,14-15H,12-13H2,(H2,25,27,29). The predicted octanol–water partition coefficient (Wildman–Crippen LogP) is 2.96. The molecule has 3 aromatic heterocycles.